The maximum atomic E-state index is 11.4. The molecule has 0 spiro atoms. The summed E-state index contributed by atoms with van der Waals surface area (Å²) >= 11 is 0. The maximum Gasteiger partial charge on any atom is 0.377 e. The Morgan fingerprint density at radius 2 is 2.30 bits per heavy atom. The molecule has 2 aromatic rings. The minimum absolute atomic E-state index is 0.00378. The van der Waals surface area contributed by atoms with Gasteiger partial charge in [-0.3, -0.25) is 0 Å². The zero-order valence-corrected chi connectivity index (χ0v) is 11.7. The van der Waals surface area contributed by atoms with Crippen LogP contribution in [0.3, 0.4) is 0 Å². The van der Waals surface area contributed by atoms with Crippen molar-refractivity contribution in [3.8, 4) is 0 Å². The van der Waals surface area contributed by atoms with Gasteiger partial charge in [-0.05, 0) is 25.5 Å². The highest BCUT2D eigenvalue weighted by Gasteiger charge is 2.26. The predicted molar refractivity (Wildman–Crippen MR) is 71.2 cm³/mol. The molecule has 0 saturated carbocycles. The van der Waals surface area contributed by atoms with Gasteiger partial charge in [0.15, 0.2) is 0 Å². The molecule has 0 saturated heterocycles. The van der Waals surface area contributed by atoms with Gasteiger partial charge in [0.25, 0.3) is 5.82 Å². The zero-order chi connectivity index (χ0) is 14.7. The van der Waals surface area contributed by atoms with E-state index in [-0.39, 0.29) is 17.9 Å². The summed E-state index contributed by atoms with van der Waals surface area (Å²) < 4.78 is 11.8. The molecule has 2 atom stereocenters. The molecule has 0 aliphatic rings. The van der Waals surface area contributed by atoms with Crippen LogP contribution in [-0.4, -0.2) is 33.9 Å². The van der Waals surface area contributed by atoms with Crippen LogP contribution in [-0.2, 0) is 4.74 Å². The number of furan rings is 1. The molecule has 2 rings (SSSR count). The Balaban J connectivity index is 2.36. The predicted octanol–water partition coefficient (Wildman–Crippen LogP) is 1.29. The summed E-state index contributed by atoms with van der Waals surface area (Å²) in [5.74, 6) is 0.909. The molecule has 7 heteroatoms. The molecule has 0 aromatic carbocycles. The van der Waals surface area contributed by atoms with Gasteiger partial charge in [-0.1, -0.05) is 6.92 Å². The first kappa shape index (κ1) is 14.3. The molecule has 0 radical (unpaired) electrons. The highest BCUT2D eigenvalue weighted by molar-refractivity contribution is 5.84. The van der Waals surface area contributed by atoms with E-state index in [9.17, 15) is 4.79 Å². The second-order valence-corrected chi connectivity index (χ2v) is 4.51. The molecular formula is C13H18N4O3. The fourth-order valence-corrected chi connectivity index (χ4v) is 1.97. The van der Waals surface area contributed by atoms with Gasteiger partial charge >= 0.3 is 5.97 Å². The summed E-state index contributed by atoms with van der Waals surface area (Å²) in [6.07, 6.45) is 2.20. The molecule has 0 aliphatic carbocycles. The second kappa shape index (κ2) is 5.87. The SMILES string of the molecule is CCC(N)C(c1ccc(C)o1)n1cnc(C(=O)OC)n1. The van der Waals surface area contributed by atoms with Gasteiger partial charge in [-0.15, -0.1) is 5.10 Å². The van der Waals surface area contributed by atoms with E-state index in [1.807, 2.05) is 26.0 Å². The molecule has 0 fully saturated rings. The number of nitrogens with two attached hydrogens (primary N) is 1. The average molecular weight is 278 g/mol. The lowest BCUT2D eigenvalue weighted by molar-refractivity contribution is 0.0586. The normalized spacial score (nSPS) is 14.0. The molecule has 2 N–H and O–H groups in total. The van der Waals surface area contributed by atoms with E-state index in [4.69, 9.17) is 10.2 Å². The van der Waals surface area contributed by atoms with Gasteiger partial charge < -0.3 is 14.9 Å². The van der Waals surface area contributed by atoms with Crippen molar-refractivity contribution in [3.05, 3.63) is 35.8 Å². The standard InChI is InChI=1S/C13H18N4O3/c1-4-9(14)11(10-6-5-8(2)20-10)17-7-15-12(16-17)13(18)19-3/h5-7,9,11H,4,14H2,1-3H3. The van der Waals surface area contributed by atoms with E-state index in [2.05, 4.69) is 14.8 Å². The number of rotatable bonds is 5. The number of methoxy groups -OCH3 is 1. The quantitative estimate of drug-likeness (QED) is 0.828. The molecule has 2 heterocycles. The van der Waals surface area contributed by atoms with Crippen LogP contribution in [0.1, 0.15) is 41.5 Å². The first-order valence-corrected chi connectivity index (χ1v) is 6.38. The zero-order valence-electron chi connectivity index (χ0n) is 11.7. The smallest absolute Gasteiger partial charge is 0.377 e. The number of carbonyl (C=O) groups is 1. The van der Waals surface area contributed by atoms with Gasteiger partial charge in [-0.2, -0.15) is 0 Å². The van der Waals surface area contributed by atoms with Crippen LogP contribution in [0.5, 0.6) is 0 Å². The van der Waals surface area contributed by atoms with Crippen LogP contribution in [0.25, 0.3) is 0 Å². The lowest BCUT2D eigenvalue weighted by Crippen LogP contribution is -2.32. The van der Waals surface area contributed by atoms with Crippen LogP contribution in [0.15, 0.2) is 22.9 Å². The molecule has 0 bridgehead atoms. The number of aromatic nitrogens is 3. The number of hydrogen-bond acceptors (Lipinski definition) is 6. The summed E-state index contributed by atoms with van der Waals surface area (Å²) in [6.45, 7) is 3.84. The number of carbonyl (C=O) groups excluding carboxylic acids is 1. The molecule has 0 aliphatic heterocycles. The van der Waals surface area contributed by atoms with Crippen LogP contribution in [0.2, 0.25) is 0 Å². The van der Waals surface area contributed by atoms with Crippen LogP contribution < -0.4 is 5.73 Å². The maximum absolute atomic E-state index is 11.4. The monoisotopic (exact) mass is 278 g/mol. The van der Waals surface area contributed by atoms with Crippen LogP contribution in [0, 0.1) is 6.92 Å². The van der Waals surface area contributed by atoms with E-state index >= 15 is 0 Å². The van der Waals surface area contributed by atoms with E-state index in [0.29, 0.717) is 5.76 Å². The number of aryl methyl sites for hydroxylation is 1. The van der Waals surface area contributed by atoms with E-state index < -0.39 is 5.97 Å². The van der Waals surface area contributed by atoms with Gasteiger partial charge in [0, 0.05) is 6.04 Å². The van der Waals surface area contributed by atoms with Crippen molar-refractivity contribution in [1.29, 1.82) is 0 Å². The fraction of sp³-hybridized carbons (Fsp3) is 0.462. The molecule has 108 valence electrons. The molecule has 7 nitrogen and oxygen atoms in total. The van der Waals surface area contributed by atoms with Crippen molar-refractivity contribution in [1.82, 2.24) is 14.8 Å². The second-order valence-electron chi connectivity index (χ2n) is 4.51. The number of nitrogens with zero attached hydrogens (tertiary/aromatic N) is 3. The Hall–Kier alpha value is -2.15. The van der Waals surface area contributed by atoms with Crippen molar-refractivity contribution in [2.24, 2.45) is 5.73 Å². The van der Waals surface area contributed by atoms with Gasteiger partial charge in [-0.25, -0.2) is 14.5 Å². The third-order valence-electron chi connectivity index (χ3n) is 3.09. The third kappa shape index (κ3) is 2.72. The number of hydrogen-bond donors (Lipinski definition) is 1. The van der Waals surface area contributed by atoms with E-state index in [1.165, 1.54) is 13.4 Å². The molecule has 2 aromatic heterocycles. The summed E-state index contributed by atoms with van der Waals surface area (Å²) in [5.41, 5.74) is 6.14. The Labute approximate surface area is 116 Å². The first-order valence-electron chi connectivity index (χ1n) is 6.38. The van der Waals surface area contributed by atoms with Crippen LogP contribution in [0.4, 0.5) is 0 Å². The Bertz CT molecular complexity index is 590. The Morgan fingerprint density at radius 3 is 2.85 bits per heavy atom. The Morgan fingerprint density at radius 1 is 1.55 bits per heavy atom. The fourth-order valence-electron chi connectivity index (χ4n) is 1.97. The molecule has 20 heavy (non-hydrogen) atoms. The number of ether oxygens (including phenoxy) is 1. The third-order valence-corrected chi connectivity index (χ3v) is 3.09. The summed E-state index contributed by atoms with van der Waals surface area (Å²) in [5, 5.41) is 4.13. The molecule has 2 unspecified atom stereocenters. The highest BCUT2D eigenvalue weighted by atomic mass is 16.5. The number of esters is 1. The van der Waals surface area contributed by atoms with Crippen molar-refractivity contribution < 1.29 is 13.9 Å². The van der Waals surface area contributed by atoms with Gasteiger partial charge in [0.2, 0.25) is 0 Å². The largest absolute Gasteiger partial charge is 0.464 e. The van der Waals surface area contributed by atoms with Crippen molar-refractivity contribution in [3.63, 3.8) is 0 Å². The minimum atomic E-state index is -0.580. The van der Waals surface area contributed by atoms with E-state index in [0.717, 1.165) is 12.2 Å². The van der Waals surface area contributed by atoms with Gasteiger partial charge in [0.1, 0.15) is 23.9 Å². The summed E-state index contributed by atoms with van der Waals surface area (Å²) in [7, 11) is 1.29. The molecular weight excluding hydrogens is 260 g/mol. The van der Waals surface area contributed by atoms with Crippen molar-refractivity contribution in [2.75, 3.05) is 7.11 Å². The van der Waals surface area contributed by atoms with Gasteiger partial charge in [0.05, 0.1) is 7.11 Å². The minimum Gasteiger partial charge on any atom is -0.464 e. The first-order chi connectivity index (χ1) is 9.56. The lowest BCUT2D eigenvalue weighted by Gasteiger charge is -2.20. The van der Waals surface area contributed by atoms with E-state index in [1.54, 1.807) is 4.68 Å². The topological polar surface area (TPSA) is 96.2 Å². The van der Waals surface area contributed by atoms with Crippen LogP contribution >= 0.6 is 0 Å². The summed E-state index contributed by atoms with van der Waals surface area (Å²) in [6, 6.07) is 3.21. The van der Waals surface area contributed by atoms with Crippen molar-refractivity contribution >= 4 is 5.97 Å². The highest BCUT2D eigenvalue weighted by Crippen LogP contribution is 2.24. The average Bonchev–Trinajstić information content (AvgIpc) is 3.08. The lowest BCUT2D eigenvalue weighted by atomic mass is 10.0. The Kier molecular flexibility index (Phi) is 4.19. The van der Waals surface area contributed by atoms with Crippen molar-refractivity contribution in [2.45, 2.75) is 32.4 Å². The molecule has 0 amide bonds. The summed E-state index contributed by atoms with van der Waals surface area (Å²) in [4.78, 5) is 15.4.